The van der Waals surface area contributed by atoms with E-state index in [-0.39, 0.29) is 41.9 Å². The Balaban J connectivity index is 1.24. The Morgan fingerprint density at radius 2 is 1.12 bits per heavy atom. The zero-order valence-electron chi connectivity index (χ0n) is 38.1. The fraction of sp³-hybridized carbons (Fsp3) is 0.727. The van der Waals surface area contributed by atoms with Crippen molar-refractivity contribution in [3.8, 4) is 0 Å². The number of esters is 4. The van der Waals surface area contributed by atoms with Crippen LogP contribution in [0.15, 0.2) is 47.0 Å². The first-order valence-electron chi connectivity index (χ1n) is 22.1. The van der Waals surface area contributed by atoms with Crippen molar-refractivity contribution in [3.05, 3.63) is 47.0 Å². The number of methoxy groups -OCH3 is 2. The highest BCUT2D eigenvalue weighted by molar-refractivity contribution is 5.91. The molecule has 0 amide bonds. The lowest BCUT2D eigenvalue weighted by Gasteiger charge is -2.42. The number of allylic oxidation sites excluding steroid dienone is 2. The third-order valence-corrected chi connectivity index (χ3v) is 13.3. The molecule has 19 atom stereocenters. The molecule has 4 aliphatic heterocycles. The van der Waals surface area contributed by atoms with Crippen molar-refractivity contribution in [2.75, 3.05) is 47.3 Å². The second-order valence-corrected chi connectivity index (χ2v) is 17.1. The molecule has 0 aromatic heterocycles. The monoisotopic (exact) mass is 976 g/mol. The van der Waals surface area contributed by atoms with Gasteiger partial charge in [-0.05, 0) is 32.1 Å². The molecule has 0 spiro atoms. The number of hydrogen-bond acceptors (Lipinski definition) is 24. The topological polar surface area (TPSA) is 363 Å². The molecule has 68 heavy (non-hydrogen) atoms. The van der Waals surface area contributed by atoms with Crippen LogP contribution >= 0.6 is 0 Å². The van der Waals surface area contributed by atoms with Crippen molar-refractivity contribution in [3.63, 3.8) is 0 Å². The summed E-state index contributed by atoms with van der Waals surface area (Å²) >= 11 is 0. The summed E-state index contributed by atoms with van der Waals surface area (Å²) in [6, 6.07) is 0. The predicted molar refractivity (Wildman–Crippen MR) is 223 cm³/mol. The van der Waals surface area contributed by atoms with E-state index in [0.29, 0.717) is 0 Å². The molecule has 0 unspecified atom stereocenters. The molecule has 24 nitrogen and oxygen atoms in total. The quantitative estimate of drug-likeness (QED) is 0.0365. The van der Waals surface area contributed by atoms with E-state index in [1.54, 1.807) is 20.8 Å². The Morgan fingerprint density at radius 3 is 1.51 bits per heavy atom. The molecule has 0 bridgehead atoms. The molecule has 5 rings (SSSR count). The molecule has 0 aromatic carbocycles. The van der Waals surface area contributed by atoms with E-state index in [1.807, 2.05) is 0 Å². The van der Waals surface area contributed by atoms with Gasteiger partial charge in [0, 0.05) is 41.4 Å². The lowest BCUT2D eigenvalue weighted by molar-refractivity contribution is -0.327. The summed E-state index contributed by atoms with van der Waals surface area (Å²) in [5, 5.41) is 103. The molecule has 2 saturated heterocycles. The predicted octanol–water partition coefficient (Wildman–Crippen LogP) is -3.32. The van der Waals surface area contributed by atoms with Gasteiger partial charge in [0.15, 0.2) is 12.6 Å². The summed E-state index contributed by atoms with van der Waals surface area (Å²) in [6.07, 6.45) is -15.8. The van der Waals surface area contributed by atoms with Gasteiger partial charge in [0.05, 0.1) is 83.3 Å². The van der Waals surface area contributed by atoms with Gasteiger partial charge in [-0.25, -0.2) is 9.59 Å². The minimum Gasteiger partial charge on any atom is -0.468 e. The molecule has 24 heteroatoms. The third kappa shape index (κ3) is 12.1. The Morgan fingerprint density at radius 1 is 0.676 bits per heavy atom. The Kier molecular flexibility index (Phi) is 19.9. The number of aliphatic hydroxyl groups is 10. The normalized spacial score (nSPS) is 38.9. The minimum absolute atomic E-state index is 0.0933. The lowest BCUT2D eigenvalue weighted by Crippen LogP contribution is -2.60. The fourth-order valence-corrected chi connectivity index (χ4v) is 9.16. The molecule has 1 aliphatic carbocycles. The van der Waals surface area contributed by atoms with Gasteiger partial charge in [0.25, 0.3) is 0 Å². The molecule has 10 N–H and O–H groups in total. The molecular weight excluding hydrogens is 912 g/mol. The summed E-state index contributed by atoms with van der Waals surface area (Å²) in [6.45, 7) is 2.25. The third-order valence-electron chi connectivity index (χ3n) is 13.3. The molecule has 0 aromatic rings. The summed E-state index contributed by atoms with van der Waals surface area (Å²) in [5.74, 6) is -7.89. The Labute approximate surface area is 390 Å². The van der Waals surface area contributed by atoms with Crippen LogP contribution in [0.1, 0.15) is 40.0 Å². The molecule has 1 saturated carbocycles. The highest BCUT2D eigenvalue weighted by atomic mass is 16.8. The van der Waals surface area contributed by atoms with E-state index >= 15 is 0 Å². The van der Waals surface area contributed by atoms with Gasteiger partial charge in [0.1, 0.15) is 48.8 Å². The van der Waals surface area contributed by atoms with Gasteiger partial charge in [-0.3, -0.25) is 9.59 Å². The van der Waals surface area contributed by atoms with Crippen molar-refractivity contribution in [1.29, 1.82) is 0 Å². The number of ether oxygens (including phenoxy) is 10. The zero-order valence-corrected chi connectivity index (χ0v) is 38.1. The standard InChI is InChI=1S/C44H64O24/c1-6-20-23(26(39(57)59-4)16-63-41(20)67-43-37(55)35(53)33(51)29(12-46)65-43)9-31(49)61-14-19(11-45)22-8-28(48)18(3)25(22)15-62-32(50)10-24-21(7-2)42(64-17-27(24)40(58)60-5)68-44-38(56)36(54)34(52)30(13-47)66-44/h6-7,16-19,22-25,28-30,33-38,41-48,51-56H,8-15H2,1-5H3/b20-6-,21-7-/t18-,19-,22+,23+,24+,25-,28-,29-,30-,33-,34-,35+,36+,37-,38-,41+,42+,43+,44+/m1/s1. The largest absolute Gasteiger partial charge is 0.468 e. The van der Waals surface area contributed by atoms with Crippen LogP contribution in [0, 0.1) is 35.5 Å². The smallest absolute Gasteiger partial charge is 0.337 e. The van der Waals surface area contributed by atoms with Crippen molar-refractivity contribution in [1.82, 2.24) is 0 Å². The van der Waals surface area contributed by atoms with Crippen LogP contribution in [-0.2, 0) is 66.5 Å². The van der Waals surface area contributed by atoms with Crippen LogP contribution in [0.2, 0.25) is 0 Å². The van der Waals surface area contributed by atoms with Gasteiger partial charge in [0.2, 0.25) is 12.6 Å². The van der Waals surface area contributed by atoms with E-state index in [1.165, 1.54) is 12.2 Å². The van der Waals surface area contributed by atoms with Gasteiger partial charge in [-0.2, -0.15) is 0 Å². The van der Waals surface area contributed by atoms with Crippen LogP contribution in [0.4, 0.5) is 0 Å². The first kappa shape index (κ1) is 54.8. The van der Waals surface area contributed by atoms with Crippen molar-refractivity contribution in [2.45, 2.75) is 120 Å². The molecule has 384 valence electrons. The zero-order chi connectivity index (χ0) is 50.1. The summed E-state index contributed by atoms with van der Waals surface area (Å²) < 4.78 is 55.0. The van der Waals surface area contributed by atoms with Crippen LogP contribution in [0.25, 0.3) is 0 Å². The second-order valence-electron chi connectivity index (χ2n) is 17.1. The average Bonchev–Trinajstić information content (AvgIpc) is 3.61. The maximum Gasteiger partial charge on any atom is 0.337 e. The van der Waals surface area contributed by atoms with E-state index in [2.05, 4.69) is 0 Å². The van der Waals surface area contributed by atoms with E-state index < -0.39 is 172 Å². The maximum absolute atomic E-state index is 13.6. The van der Waals surface area contributed by atoms with E-state index in [0.717, 1.165) is 26.7 Å². The summed E-state index contributed by atoms with van der Waals surface area (Å²) in [4.78, 5) is 52.9. The van der Waals surface area contributed by atoms with Crippen molar-refractivity contribution < 1.29 is 118 Å². The highest BCUT2D eigenvalue weighted by Crippen LogP contribution is 2.43. The molecule has 5 aliphatic rings. The lowest BCUT2D eigenvalue weighted by atomic mass is 9.82. The summed E-state index contributed by atoms with van der Waals surface area (Å²) in [5.41, 5.74) is 0.181. The fourth-order valence-electron chi connectivity index (χ4n) is 9.16. The van der Waals surface area contributed by atoms with Crippen molar-refractivity contribution >= 4 is 23.9 Å². The van der Waals surface area contributed by atoms with Crippen LogP contribution in [0.5, 0.6) is 0 Å². The first-order valence-corrected chi connectivity index (χ1v) is 22.1. The molecule has 3 fully saturated rings. The molecule has 0 radical (unpaired) electrons. The van der Waals surface area contributed by atoms with E-state index in [4.69, 9.17) is 47.4 Å². The van der Waals surface area contributed by atoms with Gasteiger partial charge in [-0.1, -0.05) is 19.1 Å². The maximum atomic E-state index is 13.6. The number of carbonyl (C=O) groups is 4. The van der Waals surface area contributed by atoms with Gasteiger partial charge in [-0.15, -0.1) is 0 Å². The second kappa shape index (κ2) is 24.6. The SMILES string of the molecule is C/C=C1\[C@H](O[C@@H]2O[C@H](CO)[C@@H](O)[C@H](O)[C@H]2O)OC=C(C(=O)OC)[C@H]1CC(=O)OC[C@@H](CO)[C@@H]1C[C@@H](O)[C@H](C)[C@H]1COC(=O)C[C@@H]1C(C(=O)OC)=CO[C@@H](O[C@@H]2O[C@H](CO)[C@@H](O)[C@H](O)[C@H]2O)/C1=C\C. The Bertz CT molecular complexity index is 1860. The number of rotatable bonds is 18. The number of aliphatic hydroxyl groups excluding tert-OH is 10. The van der Waals surface area contributed by atoms with E-state index in [9.17, 15) is 70.2 Å². The minimum atomic E-state index is -1.79. The number of hydrogen-bond donors (Lipinski definition) is 10. The van der Waals surface area contributed by atoms with Crippen LogP contribution in [0.3, 0.4) is 0 Å². The Hall–Kier alpha value is -4.12. The van der Waals surface area contributed by atoms with Gasteiger partial charge >= 0.3 is 23.9 Å². The number of carbonyl (C=O) groups excluding carboxylic acids is 4. The van der Waals surface area contributed by atoms with Crippen LogP contribution in [-0.4, -0.2) is 202 Å². The average molecular weight is 977 g/mol. The van der Waals surface area contributed by atoms with Crippen molar-refractivity contribution in [2.24, 2.45) is 35.5 Å². The van der Waals surface area contributed by atoms with Crippen LogP contribution < -0.4 is 0 Å². The first-order chi connectivity index (χ1) is 32.4. The summed E-state index contributed by atoms with van der Waals surface area (Å²) in [7, 11) is 2.23. The van der Waals surface area contributed by atoms with Gasteiger partial charge < -0.3 is 98.4 Å². The molecule has 4 heterocycles. The molecular formula is C44H64O24. The highest BCUT2D eigenvalue weighted by Gasteiger charge is 2.50.